The Bertz CT molecular complexity index is 312. The van der Waals surface area contributed by atoms with Crippen molar-refractivity contribution in [3.05, 3.63) is 23.2 Å². The Morgan fingerprint density at radius 3 is 2.71 bits per heavy atom. The summed E-state index contributed by atoms with van der Waals surface area (Å²) >= 11 is 0. The van der Waals surface area contributed by atoms with Crippen LogP contribution in [0, 0.1) is 13.8 Å². The average molecular weight is 196 g/mol. The number of ether oxygens (including phenoxy) is 1. The highest BCUT2D eigenvalue weighted by Gasteiger charge is 2.12. The summed E-state index contributed by atoms with van der Waals surface area (Å²) in [6.45, 7) is 4.29. The van der Waals surface area contributed by atoms with Crippen LogP contribution in [0.1, 0.15) is 34.7 Å². The lowest BCUT2D eigenvalue weighted by molar-refractivity contribution is 0.0962. The van der Waals surface area contributed by atoms with Crippen LogP contribution < -0.4 is 0 Å². The van der Waals surface area contributed by atoms with Crippen molar-refractivity contribution in [3.8, 4) is 0 Å². The van der Waals surface area contributed by atoms with Gasteiger partial charge in [-0.1, -0.05) is 0 Å². The lowest BCUT2D eigenvalue weighted by atomic mass is 10.1. The molecular formula is C11H16O3. The maximum absolute atomic E-state index is 11.6. The summed E-state index contributed by atoms with van der Waals surface area (Å²) in [4.78, 5) is 11.6. The Labute approximate surface area is 84.1 Å². The number of carbonyl (C=O) groups excluding carboxylic acids is 1. The zero-order chi connectivity index (χ0) is 10.6. The molecule has 0 bridgehead atoms. The molecule has 0 saturated heterocycles. The minimum Gasteiger partial charge on any atom is -0.466 e. The van der Waals surface area contributed by atoms with Gasteiger partial charge in [-0.2, -0.15) is 0 Å². The molecule has 1 rings (SSSR count). The highest BCUT2D eigenvalue weighted by atomic mass is 16.5. The highest BCUT2D eigenvalue weighted by molar-refractivity contribution is 5.97. The number of carbonyl (C=O) groups is 1. The van der Waals surface area contributed by atoms with Crippen LogP contribution in [0.5, 0.6) is 0 Å². The first-order valence-corrected chi connectivity index (χ1v) is 4.74. The number of Topliss-reactive ketones (excluding diaryl/α,β-unsaturated/α-hetero) is 1. The Hall–Kier alpha value is -1.09. The number of ketones is 1. The molecule has 1 aromatic heterocycles. The molecule has 0 aliphatic carbocycles. The molecule has 0 radical (unpaired) electrons. The number of hydrogen-bond donors (Lipinski definition) is 0. The van der Waals surface area contributed by atoms with E-state index in [4.69, 9.17) is 9.15 Å². The molecule has 0 unspecified atom stereocenters. The zero-order valence-electron chi connectivity index (χ0n) is 8.92. The van der Waals surface area contributed by atoms with E-state index in [2.05, 4.69) is 0 Å². The second kappa shape index (κ2) is 4.96. The molecule has 0 aliphatic heterocycles. The molecule has 14 heavy (non-hydrogen) atoms. The fourth-order valence-electron chi connectivity index (χ4n) is 1.42. The molecule has 3 heteroatoms. The topological polar surface area (TPSA) is 39.4 Å². The van der Waals surface area contributed by atoms with E-state index in [1.807, 2.05) is 13.8 Å². The SMILES string of the molecule is COCCCC(=O)c1cc(C)oc1C. The Kier molecular flexibility index (Phi) is 3.89. The van der Waals surface area contributed by atoms with Gasteiger partial charge in [0.05, 0.1) is 5.56 Å². The average Bonchev–Trinajstić information content (AvgIpc) is 2.45. The molecule has 0 atom stereocenters. The second-order valence-corrected chi connectivity index (χ2v) is 3.35. The van der Waals surface area contributed by atoms with E-state index < -0.39 is 0 Å². The van der Waals surface area contributed by atoms with E-state index in [1.54, 1.807) is 13.2 Å². The molecule has 0 N–H and O–H groups in total. The van der Waals surface area contributed by atoms with Crippen molar-refractivity contribution in [2.24, 2.45) is 0 Å². The predicted octanol–water partition coefficient (Wildman–Crippen LogP) is 2.51. The summed E-state index contributed by atoms with van der Waals surface area (Å²) < 4.78 is 10.2. The van der Waals surface area contributed by atoms with Gasteiger partial charge in [-0.3, -0.25) is 4.79 Å². The van der Waals surface area contributed by atoms with E-state index in [0.717, 1.165) is 12.2 Å². The smallest absolute Gasteiger partial charge is 0.166 e. The highest BCUT2D eigenvalue weighted by Crippen LogP contribution is 2.16. The van der Waals surface area contributed by atoms with Crippen molar-refractivity contribution >= 4 is 5.78 Å². The molecule has 0 aliphatic rings. The third-order valence-electron chi connectivity index (χ3n) is 2.09. The maximum Gasteiger partial charge on any atom is 0.166 e. The number of hydrogen-bond acceptors (Lipinski definition) is 3. The Morgan fingerprint density at radius 2 is 2.21 bits per heavy atom. The van der Waals surface area contributed by atoms with Crippen LogP contribution in [0.2, 0.25) is 0 Å². The minimum atomic E-state index is 0.136. The van der Waals surface area contributed by atoms with E-state index in [1.165, 1.54) is 0 Å². The van der Waals surface area contributed by atoms with Gasteiger partial charge in [-0.15, -0.1) is 0 Å². The molecular weight excluding hydrogens is 180 g/mol. The van der Waals surface area contributed by atoms with Gasteiger partial charge in [0.1, 0.15) is 11.5 Å². The number of rotatable bonds is 5. The van der Waals surface area contributed by atoms with Crippen molar-refractivity contribution in [3.63, 3.8) is 0 Å². The first-order chi connectivity index (χ1) is 6.65. The van der Waals surface area contributed by atoms with Crippen LogP contribution in [0.25, 0.3) is 0 Å². The van der Waals surface area contributed by atoms with Gasteiger partial charge in [0.25, 0.3) is 0 Å². The van der Waals surface area contributed by atoms with Gasteiger partial charge in [0.2, 0.25) is 0 Å². The largest absolute Gasteiger partial charge is 0.466 e. The molecule has 3 nitrogen and oxygen atoms in total. The van der Waals surface area contributed by atoms with Crippen molar-refractivity contribution in [1.82, 2.24) is 0 Å². The van der Waals surface area contributed by atoms with Gasteiger partial charge in [-0.05, 0) is 26.3 Å². The van der Waals surface area contributed by atoms with Crippen LogP contribution >= 0.6 is 0 Å². The van der Waals surface area contributed by atoms with Gasteiger partial charge in [0, 0.05) is 20.1 Å². The van der Waals surface area contributed by atoms with Crippen molar-refractivity contribution < 1.29 is 13.9 Å². The fourth-order valence-corrected chi connectivity index (χ4v) is 1.42. The summed E-state index contributed by atoms with van der Waals surface area (Å²) in [7, 11) is 1.64. The first kappa shape index (κ1) is 11.0. The molecule has 1 heterocycles. The summed E-state index contributed by atoms with van der Waals surface area (Å²) in [5, 5.41) is 0. The summed E-state index contributed by atoms with van der Waals surface area (Å²) in [5.41, 5.74) is 0.707. The molecule has 0 amide bonds. The first-order valence-electron chi connectivity index (χ1n) is 4.74. The van der Waals surface area contributed by atoms with Crippen molar-refractivity contribution in [2.45, 2.75) is 26.7 Å². The van der Waals surface area contributed by atoms with Crippen molar-refractivity contribution in [1.29, 1.82) is 0 Å². The molecule has 0 fully saturated rings. The van der Waals surface area contributed by atoms with E-state index in [-0.39, 0.29) is 5.78 Å². The van der Waals surface area contributed by atoms with Crippen LogP contribution in [-0.4, -0.2) is 19.5 Å². The van der Waals surface area contributed by atoms with Crippen LogP contribution in [-0.2, 0) is 4.74 Å². The standard InChI is InChI=1S/C11H16O3/c1-8-7-10(9(2)14-8)11(12)5-4-6-13-3/h7H,4-6H2,1-3H3. The monoisotopic (exact) mass is 196 g/mol. The summed E-state index contributed by atoms with van der Waals surface area (Å²) in [5.74, 6) is 1.64. The lowest BCUT2D eigenvalue weighted by Gasteiger charge is -1.98. The van der Waals surface area contributed by atoms with Crippen molar-refractivity contribution in [2.75, 3.05) is 13.7 Å². The number of furan rings is 1. The molecule has 0 saturated carbocycles. The van der Waals surface area contributed by atoms with E-state index in [9.17, 15) is 4.79 Å². The minimum absolute atomic E-state index is 0.136. The van der Waals surface area contributed by atoms with Gasteiger partial charge in [-0.25, -0.2) is 0 Å². The van der Waals surface area contributed by atoms with Crippen LogP contribution in [0.4, 0.5) is 0 Å². The maximum atomic E-state index is 11.6. The summed E-state index contributed by atoms with van der Waals surface area (Å²) in [6.07, 6.45) is 1.28. The third kappa shape index (κ3) is 2.70. The predicted molar refractivity (Wildman–Crippen MR) is 53.6 cm³/mol. The number of methoxy groups -OCH3 is 1. The number of aryl methyl sites for hydroxylation is 2. The third-order valence-corrected chi connectivity index (χ3v) is 2.09. The molecule has 78 valence electrons. The van der Waals surface area contributed by atoms with Gasteiger partial charge >= 0.3 is 0 Å². The van der Waals surface area contributed by atoms with Crippen LogP contribution in [0.15, 0.2) is 10.5 Å². The van der Waals surface area contributed by atoms with E-state index in [0.29, 0.717) is 24.4 Å². The normalized spacial score (nSPS) is 10.5. The fraction of sp³-hybridized carbons (Fsp3) is 0.545. The quantitative estimate of drug-likeness (QED) is 0.536. The summed E-state index contributed by atoms with van der Waals surface area (Å²) in [6, 6.07) is 1.80. The Morgan fingerprint density at radius 1 is 1.50 bits per heavy atom. The van der Waals surface area contributed by atoms with Gasteiger partial charge < -0.3 is 9.15 Å². The Balaban J connectivity index is 2.56. The molecule has 0 spiro atoms. The molecule has 1 aromatic rings. The zero-order valence-corrected chi connectivity index (χ0v) is 8.92. The lowest BCUT2D eigenvalue weighted by Crippen LogP contribution is -2.01. The van der Waals surface area contributed by atoms with Crippen LogP contribution in [0.3, 0.4) is 0 Å². The van der Waals surface area contributed by atoms with E-state index >= 15 is 0 Å². The second-order valence-electron chi connectivity index (χ2n) is 3.35. The molecule has 0 aromatic carbocycles. The van der Waals surface area contributed by atoms with Gasteiger partial charge in [0.15, 0.2) is 5.78 Å².